The van der Waals surface area contributed by atoms with Gasteiger partial charge in [-0.1, -0.05) is 77.2 Å². The van der Waals surface area contributed by atoms with Crippen molar-refractivity contribution in [2.75, 3.05) is 5.32 Å². The molecule has 1 amide bonds. The van der Waals surface area contributed by atoms with Gasteiger partial charge in [0, 0.05) is 17.8 Å². The van der Waals surface area contributed by atoms with Gasteiger partial charge in [-0.15, -0.1) is 0 Å². The highest BCUT2D eigenvalue weighted by atomic mass is 32.1. The van der Waals surface area contributed by atoms with Crippen LogP contribution in [0.3, 0.4) is 0 Å². The normalized spacial score (nSPS) is 10.6. The Morgan fingerprint density at radius 1 is 0.960 bits per heavy atom. The molecular formula is C19H13N3O2S. The Kier molecular flexibility index (Phi) is 4.10. The van der Waals surface area contributed by atoms with Gasteiger partial charge < -0.3 is 4.52 Å². The van der Waals surface area contributed by atoms with Gasteiger partial charge in [0.25, 0.3) is 5.91 Å². The third-order valence-corrected chi connectivity index (χ3v) is 4.55. The number of benzene rings is 2. The van der Waals surface area contributed by atoms with Crippen LogP contribution in [-0.2, 0) is 0 Å². The topological polar surface area (TPSA) is 68.0 Å². The summed E-state index contributed by atoms with van der Waals surface area (Å²) in [6, 6.07) is 21.0. The molecule has 2 aromatic carbocycles. The van der Waals surface area contributed by atoms with E-state index in [-0.39, 0.29) is 11.6 Å². The fraction of sp³-hybridized carbons (Fsp3) is 0. The molecule has 4 aromatic rings. The molecule has 0 saturated heterocycles. The molecule has 2 heterocycles. The number of nitrogens with zero attached hydrogens (tertiary/aromatic N) is 2. The minimum absolute atomic E-state index is 0.218. The first-order valence-electron chi connectivity index (χ1n) is 7.64. The number of rotatable bonds is 4. The maximum Gasteiger partial charge on any atom is 0.279 e. The zero-order valence-electron chi connectivity index (χ0n) is 13.0. The molecule has 25 heavy (non-hydrogen) atoms. The Balaban J connectivity index is 1.50. The van der Waals surface area contributed by atoms with Crippen LogP contribution >= 0.6 is 11.3 Å². The largest absolute Gasteiger partial charge is 0.355 e. The van der Waals surface area contributed by atoms with E-state index in [0.29, 0.717) is 10.9 Å². The molecular weight excluding hydrogens is 334 g/mol. The van der Waals surface area contributed by atoms with Gasteiger partial charge in [0.2, 0.25) is 0 Å². The van der Waals surface area contributed by atoms with Crippen molar-refractivity contribution in [3.05, 3.63) is 78.6 Å². The maximum atomic E-state index is 12.3. The van der Waals surface area contributed by atoms with E-state index in [4.69, 9.17) is 4.52 Å². The van der Waals surface area contributed by atoms with Crippen molar-refractivity contribution in [2.45, 2.75) is 0 Å². The SMILES string of the molecule is O=C(Nc1ncc(-c2ccccc2)s1)c1cc(-c2ccccc2)on1. The van der Waals surface area contributed by atoms with Crippen molar-refractivity contribution in [3.63, 3.8) is 0 Å². The highest BCUT2D eigenvalue weighted by molar-refractivity contribution is 7.19. The van der Waals surface area contributed by atoms with E-state index in [9.17, 15) is 4.79 Å². The lowest BCUT2D eigenvalue weighted by molar-refractivity contribution is 0.101. The maximum absolute atomic E-state index is 12.3. The van der Waals surface area contributed by atoms with Crippen molar-refractivity contribution in [2.24, 2.45) is 0 Å². The van der Waals surface area contributed by atoms with Gasteiger partial charge in [-0.3, -0.25) is 10.1 Å². The molecule has 0 unspecified atom stereocenters. The number of aromatic nitrogens is 2. The summed E-state index contributed by atoms with van der Waals surface area (Å²) >= 11 is 1.41. The number of nitrogens with one attached hydrogen (secondary N) is 1. The van der Waals surface area contributed by atoms with Gasteiger partial charge >= 0.3 is 0 Å². The quantitative estimate of drug-likeness (QED) is 0.580. The summed E-state index contributed by atoms with van der Waals surface area (Å²) in [6.45, 7) is 0. The molecule has 6 heteroatoms. The Morgan fingerprint density at radius 2 is 1.64 bits per heavy atom. The second-order valence-electron chi connectivity index (χ2n) is 5.29. The molecule has 1 N–H and O–H groups in total. The van der Waals surface area contributed by atoms with E-state index in [1.807, 2.05) is 60.7 Å². The van der Waals surface area contributed by atoms with Gasteiger partial charge in [0.05, 0.1) is 4.88 Å². The van der Waals surface area contributed by atoms with Crippen LogP contribution in [0, 0.1) is 0 Å². The summed E-state index contributed by atoms with van der Waals surface area (Å²) in [6.07, 6.45) is 1.74. The number of carbonyl (C=O) groups is 1. The van der Waals surface area contributed by atoms with E-state index < -0.39 is 0 Å². The molecule has 0 aliphatic rings. The van der Waals surface area contributed by atoms with E-state index in [1.165, 1.54) is 11.3 Å². The molecule has 0 aliphatic heterocycles. The van der Waals surface area contributed by atoms with Crippen LogP contribution in [0.5, 0.6) is 0 Å². The van der Waals surface area contributed by atoms with Crippen LogP contribution in [0.2, 0.25) is 0 Å². The Hall–Kier alpha value is -3.25. The Morgan fingerprint density at radius 3 is 2.36 bits per heavy atom. The lowest BCUT2D eigenvalue weighted by Crippen LogP contribution is -2.11. The van der Waals surface area contributed by atoms with E-state index in [1.54, 1.807) is 12.3 Å². The van der Waals surface area contributed by atoms with Crippen LogP contribution < -0.4 is 5.32 Å². The molecule has 122 valence electrons. The zero-order valence-corrected chi connectivity index (χ0v) is 13.9. The standard InChI is InChI=1S/C19H13N3O2S/c23-18(15-11-16(24-22-15)13-7-3-1-4-8-13)21-19-20-12-17(25-19)14-9-5-2-6-10-14/h1-12H,(H,20,21,23). The molecule has 0 fully saturated rings. The van der Waals surface area contributed by atoms with Gasteiger partial charge in [-0.05, 0) is 5.56 Å². The first kappa shape index (κ1) is 15.3. The van der Waals surface area contributed by atoms with Crippen molar-refractivity contribution in [1.82, 2.24) is 10.1 Å². The number of hydrogen-bond donors (Lipinski definition) is 1. The average molecular weight is 347 g/mol. The Bertz CT molecular complexity index is 994. The van der Waals surface area contributed by atoms with Gasteiger partial charge in [-0.2, -0.15) is 0 Å². The fourth-order valence-corrected chi connectivity index (χ4v) is 3.17. The van der Waals surface area contributed by atoms with Gasteiger partial charge in [0.15, 0.2) is 16.6 Å². The van der Waals surface area contributed by atoms with Crippen molar-refractivity contribution >= 4 is 22.4 Å². The number of thiazole rings is 1. The van der Waals surface area contributed by atoms with Crippen LogP contribution in [0.25, 0.3) is 21.8 Å². The number of carbonyl (C=O) groups excluding carboxylic acids is 1. The highest BCUT2D eigenvalue weighted by Gasteiger charge is 2.15. The van der Waals surface area contributed by atoms with Crippen LogP contribution in [0.1, 0.15) is 10.5 Å². The third kappa shape index (κ3) is 3.34. The average Bonchev–Trinajstić information content (AvgIpc) is 3.33. The van der Waals surface area contributed by atoms with Crippen molar-refractivity contribution in [1.29, 1.82) is 0 Å². The van der Waals surface area contributed by atoms with Crippen LogP contribution in [0.15, 0.2) is 77.4 Å². The van der Waals surface area contributed by atoms with Crippen LogP contribution in [0.4, 0.5) is 5.13 Å². The second-order valence-corrected chi connectivity index (χ2v) is 6.32. The smallest absolute Gasteiger partial charge is 0.279 e. The third-order valence-electron chi connectivity index (χ3n) is 3.59. The van der Waals surface area contributed by atoms with Crippen molar-refractivity contribution < 1.29 is 9.32 Å². The summed E-state index contributed by atoms with van der Waals surface area (Å²) in [5.74, 6) is 0.203. The second kappa shape index (κ2) is 6.70. The van der Waals surface area contributed by atoms with Crippen molar-refractivity contribution in [3.8, 4) is 21.8 Å². The first-order chi connectivity index (χ1) is 12.3. The summed E-state index contributed by atoms with van der Waals surface area (Å²) in [5.41, 5.74) is 2.15. The highest BCUT2D eigenvalue weighted by Crippen LogP contribution is 2.29. The number of amides is 1. The summed E-state index contributed by atoms with van der Waals surface area (Å²) in [7, 11) is 0. The lowest BCUT2D eigenvalue weighted by atomic mass is 10.1. The number of hydrogen-bond acceptors (Lipinski definition) is 5. The molecule has 0 atom stereocenters. The molecule has 0 aliphatic carbocycles. The molecule has 2 aromatic heterocycles. The fourth-order valence-electron chi connectivity index (χ4n) is 2.35. The van der Waals surface area contributed by atoms with E-state index in [0.717, 1.165) is 16.0 Å². The summed E-state index contributed by atoms with van der Waals surface area (Å²) < 4.78 is 5.26. The monoisotopic (exact) mass is 347 g/mol. The van der Waals surface area contributed by atoms with E-state index in [2.05, 4.69) is 15.5 Å². The summed E-state index contributed by atoms with van der Waals surface area (Å²) in [4.78, 5) is 17.6. The minimum Gasteiger partial charge on any atom is -0.355 e. The molecule has 0 spiro atoms. The Labute approximate surface area is 148 Å². The predicted octanol–water partition coefficient (Wildman–Crippen LogP) is 4.72. The van der Waals surface area contributed by atoms with Gasteiger partial charge in [-0.25, -0.2) is 4.98 Å². The minimum atomic E-state index is -0.347. The lowest BCUT2D eigenvalue weighted by Gasteiger charge is -1.96. The first-order valence-corrected chi connectivity index (χ1v) is 8.46. The number of anilines is 1. The molecule has 0 radical (unpaired) electrons. The van der Waals surface area contributed by atoms with Crippen LogP contribution in [-0.4, -0.2) is 16.0 Å². The molecule has 0 saturated carbocycles. The molecule has 4 rings (SSSR count). The molecule has 0 bridgehead atoms. The summed E-state index contributed by atoms with van der Waals surface area (Å²) in [5, 5.41) is 7.12. The van der Waals surface area contributed by atoms with Gasteiger partial charge in [0.1, 0.15) is 0 Å². The predicted molar refractivity (Wildman–Crippen MR) is 97.4 cm³/mol. The zero-order chi connectivity index (χ0) is 17.1. The van der Waals surface area contributed by atoms with E-state index >= 15 is 0 Å². The molecule has 5 nitrogen and oxygen atoms in total.